The second-order valence-corrected chi connectivity index (χ2v) is 28.7. The molecule has 5 aliphatic rings. The third-order valence-corrected chi connectivity index (χ3v) is 18.2. The number of aliphatic hydroxyl groups excluding tert-OH is 6. The van der Waals surface area contributed by atoms with Crippen LogP contribution in [0, 0.1) is 5.92 Å². The van der Waals surface area contributed by atoms with Gasteiger partial charge in [-0.25, -0.2) is 9.59 Å². The third kappa shape index (κ3) is 22.0. The summed E-state index contributed by atoms with van der Waals surface area (Å²) in [6, 6.07) is -9.89. The molecule has 0 aliphatic carbocycles. The molecule has 5 heterocycles. The van der Waals surface area contributed by atoms with Gasteiger partial charge in [0.2, 0.25) is 12.0 Å². The van der Waals surface area contributed by atoms with Crippen LogP contribution >= 0.6 is 24.0 Å². The summed E-state index contributed by atoms with van der Waals surface area (Å²) in [6.07, 6.45) is -39.8. The molecule has 0 radical (unpaired) electrons. The smallest absolute Gasteiger partial charge is 0.371 e. The van der Waals surface area contributed by atoms with Crippen molar-refractivity contribution < 1.29 is 171 Å². The van der Waals surface area contributed by atoms with E-state index in [9.17, 15) is 128 Å². The standard InChI is InChI=1S/C36H62N6O37S8/c1-10-14(76-35(71-2)25(48)21(10)44)7-81-4-3-37-36(80)38-30-19(41-86(65,66)67)23(46)27(16(74-30)9-83(56,57)58)78-34-20(42-87(68,69)70)24(47)28(29(79-34)32(51)52)72-6-13-18(40-85(62,63)64)22(45)26(15(73-13)8-82(53,54)55)77-33-17(39-84(59,60)61)11(43)5-12(75-33)31(49)50/h5,10-11,13-30,33-35,39-48H,3-4,6-9H2,1-2H3,(H,49,50)(H,51,52)(H2,37,38,80)(H,53,54,55)(H,56,57,58)(H,59,60,61)(H,62,63,64)(H,65,66,67)(H,68,69,70)/t10?,11-,13-,14?,15?,16?,17?,18?,19?,20?,21+,22+,23+,24+,25?,26-,27-,28+,29?,30-,33+,34-,35+/m1/s1. The number of carbonyl (C=O) groups is 2. The molecule has 20 N–H and O–H groups in total. The number of carboxylic acid groups (broad SMARTS) is 2. The van der Waals surface area contributed by atoms with Gasteiger partial charge in [-0.3, -0.25) is 27.3 Å². The molecule has 23 atom stereocenters. The highest BCUT2D eigenvalue weighted by Crippen LogP contribution is 2.35. The van der Waals surface area contributed by atoms with Gasteiger partial charge in [-0.1, -0.05) is 6.92 Å². The van der Waals surface area contributed by atoms with E-state index in [1.807, 2.05) is 0 Å². The number of aliphatic hydroxyl groups is 6. The Balaban J connectivity index is 1.42. The van der Waals surface area contributed by atoms with Gasteiger partial charge in [-0.15, -0.1) is 0 Å². The minimum Gasteiger partial charge on any atom is -0.479 e. The predicted octanol–water partition coefficient (Wildman–Crippen LogP) is -11.0. The third-order valence-electron chi connectivity index (χ3n) is 13.1. The Bertz CT molecular complexity index is 3150. The van der Waals surface area contributed by atoms with Gasteiger partial charge in [0.15, 0.2) is 23.8 Å². The fourth-order valence-corrected chi connectivity index (χ4v) is 14.4. The van der Waals surface area contributed by atoms with E-state index in [0.29, 0.717) is 6.08 Å². The molecule has 0 saturated carbocycles. The summed E-state index contributed by atoms with van der Waals surface area (Å²) in [4.78, 5) is 24.7. The lowest BCUT2D eigenvalue weighted by atomic mass is 9.91. The number of thiocarbonyl (C=S) groups is 1. The molecule has 5 aliphatic heterocycles. The van der Waals surface area contributed by atoms with E-state index < -0.39 is 243 Å². The first-order chi connectivity index (χ1) is 39.8. The molecule has 10 unspecified atom stereocenters. The van der Waals surface area contributed by atoms with Crippen molar-refractivity contribution in [2.75, 3.05) is 43.3 Å². The minimum atomic E-state index is -5.73. The number of thioether (sulfide) groups is 1. The fraction of sp³-hybridized carbons (Fsp3) is 0.861. The highest BCUT2D eigenvalue weighted by Gasteiger charge is 2.57. The van der Waals surface area contributed by atoms with Gasteiger partial charge in [-0.2, -0.15) is 81.2 Å². The van der Waals surface area contributed by atoms with Crippen molar-refractivity contribution in [2.45, 2.75) is 142 Å². The van der Waals surface area contributed by atoms with Crippen LogP contribution in [0.15, 0.2) is 11.8 Å². The Hall–Kier alpha value is -2.74. The molecule has 0 spiro atoms. The summed E-state index contributed by atoms with van der Waals surface area (Å²) in [5.74, 6) is -8.97. The zero-order valence-electron chi connectivity index (χ0n) is 44.0. The summed E-state index contributed by atoms with van der Waals surface area (Å²) in [7, 11) is -31.8. The Labute approximate surface area is 503 Å². The lowest BCUT2D eigenvalue weighted by Gasteiger charge is -2.49. The second-order valence-electron chi connectivity index (χ2n) is 19.4. The first-order valence-corrected chi connectivity index (χ1v) is 34.8. The van der Waals surface area contributed by atoms with E-state index >= 15 is 0 Å². The van der Waals surface area contributed by atoms with Crippen LogP contribution < -0.4 is 29.5 Å². The second kappa shape index (κ2) is 29.9. The van der Waals surface area contributed by atoms with E-state index in [0.717, 1.165) is 0 Å². The maximum atomic E-state index is 12.9. The van der Waals surface area contributed by atoms with E-state index in [1.165, 1.54) is 37.8 Å². The van der Waals surface area contributed by atoms with Gasteiger partial charge < -0.3 is 94.1 Å². The number of hydrogen-bond donors (Lipinski definition) is 20. The largest absolute Gasteiger partial charge is 0.479 e. The van der Waals surface area contributed by atoms with Crippen molar-refractivity contribution >= 4 is 102 Å². The number of aliphatic carboxylic acids is 2. The van der Waals surface area contributed by atoms with Crippen molar-refractivity contribution in [3.63, 3.8) is 0 Å². The van der Waals surface area contributed by atoms with Crippen LogP contribution in [0.1, 0.15) is 6.92 Å². The van der Waals surface area contributed by atoms with E-state index in [-0.39, 0.29) is 18.1 Å². The molecule has 506 valence electrons. The number of nitrogens with one attached hydrogen (secondary N) is 6. The zero-order valence-corrected chi connectivity index (χ0v) is 50.5. The Morgan fingerprint density at radius 3 is 1.61 bits per heavy atom. The van der Waals surface area contributed by atoms with Crippen LogP contribution in [-0.2, 0) is 114 Å². The maximum Gasteiger partial charge on any atom is 0.371 e. The molecule has 4 saturated heterocycles. The van der Waals surface area contributed by atoms with Crippen molar-refractivity contribution in [1.29, 1.82) is 0 Å². The quantitative estimate of drug-likeness (QED) is 0.0196. The molecule has 5 rings (SSSR count). The van der Waals surface area contributed by atoms with Crippen LogP contribution in [0.3, 0.4) is 0 Å². The van der Waals surface area contributed by atoms with Crippen LogP contribution in [0.25, 0.3) is 0 Å². The number of ether oxygens (including phenoxy) is 9. The normalized spacial score (nSPS) is 37.5. The van der Waals surface area contributed by atoms with Crippen LogP contribution in [0.5, 0.6) is 0 Å². The summed E-state index contributed by atoms with van der Waals surface area (Å²) < 4.78 is 260. The molecule has 4 fully saturated rings. The number of rotatable bonds is 28. The van der Waals surface area contributed by atoms with Gasteiger partial charge >= 0.3 is 53.2 Å². The molecule has 0 aromatic heterocycles. The molecule has 87 heavy (non-hydrogen) atoms. The maximum absolute atomic E-state index is 12.9. The van der Waals surface area contributed by atoms with E-state index in [2.05, 4.69) is 10.6 Å². The fourth-order valence-electron chi connectivity index (χ4n) is 9.32. The number of hydrogen-bond acceptors (Lipinski definition) is 31. The van der Waals surface area contributed by atoms with Crippen molar-refractivity contribution in [3.05, 3.63) is 11.8 Å². The average molecular weight is 1430 g/mol. The van der Waals surface area contributed by atoms with Crippen molar-refractivity contribution in [3.8, 4) is 0 Å². The molecule has 0 aromatic carbocycles. The molecule has 0 amide bonds. The molecule has 0 bridgehead atoms. The monoisotopic (exact) mass is 1430 g/mol. The molecular weight excluding hydrogens is 1360 g/mol. The predicted molar refractivity (Wildman–Crippen MR) is 282 cm³/mol. The first-order valence-electron chi connectivity index (χ1n) is 24.3. The van der Waals surface area contributed by atoms with Crippen LogP contribution in [0.4, 0.5) is 0 Å². The average Bonchev–Trinajstić information content (AvgIpc) is 0.862. The molecular formula is C36H62N6O37S8. The highest BCUT2D eigenvalue weighted by molar-refractivity contribution is 7.99. The van der Waals surface area contributed by atoms with Gasteiger partial charge in [0.1, 0.15) is 90.9 Å². The molecule has 43 nitrogen and oxygen atoms in total. The lowest BCUT2D eigenvalue weighted by molar-refractivity contribution is -0.312. The summed E-state index contributed by atoms with van der Waals surface area (Å²) in [5.41, 5.74) is 0. The van der Waals surface area contributed by atoms with E-state index in [4.69, 9.17) is 54.8 Å². The van der Waals surface area contributed by atoms with Gasteiger partial charge in [-0.05, 0) is 18.3 Å². The van der Waals surface area contributed by atoms with Gasteiger partial charge in [0.25, 0.3) is 20.2 Å². The van der Waals surface area contributed by atoms with Gasteiger partial charge in [0, 0.05) is 31.1 Å². The Morgan fingerprint density at radius 1 is 0.598 bits per heavy atom. The lowest BCUT2D eigenvalue weighted by Crippen LogP contribution is -2.72. The van der Waals surface area contributed by atoms with Crippen molar-refractivity contribution in [1.82, 2.24) is 29.5 Å². The summed E-state index contributed by atoms with van der Waals surface area (Å²) in [5, 5.41) is 90.7. The Kier molecular flexibility index (Phi) is 25.8. The summed E-state index contributed by atoms with van der Waals surface area (Å²) >= 11 is 6.50. The van der Waals surface area contributed by atoms with Crippen LogP contribution in [-0.4, -0.2) is 314 Å². The van der Waals surface area contributed by atoms with Gasteiger partial charge in [0.05, 0.1) is 37.0 Å². The Morgan fingerprint density at radius 2 is 1.09 bits per heavy atom. The minimum absolute atomic E-state index is 0.0234. The molecule has 51 heteroatoms. The SMILES string of the molecule is CO[C@H]1OC(CSCCNC(=S)N[C@@H]2OC(CS(=O)(=O)O)[C@@H](O[C@@H]3OC(C(=O)O)[C@@H](OC[C@H]4OC(CS(=O)(=O)O)[C@@H](O[C@@H]5OC(C(=O)O)=C[C@@H](O)C5NS(=O)(=O)O)[C@@H](O)C4NS(=O)(=O)O)[C@@H](O)C3NS(=O)(=O)O)[C@@H](O)C2NS(=O)(=O)O)C(C)[C@H](O)C1O. The van der Waals surface area contributed by atoms with Crippen molar-refractivity contribution in [2.24, 2.45) is 5.92 Å². The molecule has 0 aromatic rings. The topological polar surface area (TPSA) is 677 Å². The zero-order chi connectivity index (χ0) is 65.9. The van der Waals surface area contributed by atoms with Crippen LogP contribution in [0.2, 0.25) is 0 Å². The summed E-state index contributed by atoms with van der Waals surface area (Å²) in [6.45, 7) is 0.0634. The highest BCUT2D eigenvalue weighted by atomic mass is 32.3. The number of methoxy groups -OCH3 is 1. The van der Waals surface area contributed by atoms with E-state index in [1.54, 1.807) is 6.92 Å². The number of carboxylic acids is 2. The first kappa shape index (κ1) is 75.0.